The van der Waals surface area contributed by atoms with E-state index in [-0.39, 0.29) is 12.5 Å². The van der Waals surface area contributed by atoms with Gasteiger partial charge >= 0.3 is 0 Å². The van der Waals surface area contributed by atoms with Crippen LogP contribution >= 0.6 is 0 Å². The summed E-state index contributed by atoms with van der Waals surface area (Å²) in [6.45, 7) is 2.00. The van der Waals surface area contributed by atoms with Gasteiger partial charge in [-0.2, -0.15) is 0 Å². The molecule has 1 amide bonds. The zero-order chi connectivity index (χ0) is 17.4. The summed E-state index contributed by atoms with van der Waals surface area (Å²) in [5.74, 6) is 1.73. The molecule has 2 aromatic rings. The first-order chi connectivity index (χ1) is 11.7. The van der Waals surface area contributed by atoms with Crippen molar-refractivity contribution in [3.05, 3.63) is 36.1 Å². The third-order valence-electron chi connectivity index (χ3n) is 3.83. The van der Waals surface area contributed by atoms with Crippen LogP contribution in [0.1, 0.15) is 44.8 Å². The van der Waals surface area contributed by atoms with Gasteiger partial charge in [-0.3, -0.25) is 4.79 Å². The molecule has 0 saturated heterocycles. The second-order valence-electron chi connectivity index (χ2n) is 5.70. The molecule has 2 N–H and O–H groups in total. The van der Waals surface area contributed by atoms with Crippen molar-refractivity contribution in [2.24, 2.45) is 0 Å². The Hall–Kier alpha value is -2.27. The van der Waals surface area contributed by atoms with Gasteiger partial charge in [0.1, 0.15) is 23.9 Å². The molecule has 0 spiro atoms. The van der Waals surface area contributed by atoms with Gasteiger partial charge in [0.2, 0.25) is 5.91 Å². The summed E-state index contributed by atoms with van der Waals surface area (Å²) in [5, 5.41) is 12.0. The summed E-state index contributed by atoms with van der Waals surface area (Å²) in [7, 11) is 1.57. The van der Waals surface area contributed by atoms with E-state index in [1.807, 2.05) is 12.1 Å². The minimum atomic E-state index is -0.141. The predicted molar refractivity (Wildman–Crippen MR) is 94.0 cm³/mol. The molecule has 0 fully saturated rings. The summed E-state index contributed by atoms with van der Waals surface area (Å²) in [6.07, 6.45) is 4.76. The Balaban J connectivity index is 2.09. The normalized spacial score (nSPS) is 10.6. The molecule has 1 aromatic heterocycles. The van der Waals surface area contributed by atoms with Gasteiger partial charge in [-0.05, 0) is 36.8 Å². The highest BCUT2D eigenvalue weighted by molar-refractivity contribution is 5.93. The van der Waals surface area contributed by atoms with Crippen molar-refractivity contribution in [1.29, 1.82) is 0 Å². The number of nitrogens with one attached hydrogen (secondary N) is 1. The first-order valence-electron chi connectivity index (χ1n) is 8.35. The zero-order valence-electron chi connectivity index (χ0n) is 14.3. The highest BCUT2D eigenvalue weighted by atomic mass is 16.5. The van der Waals surface area contributed by atoms with Crippen LogP contribution in [0, 0.1) is 0 Å². The fourth-order valence-electron chi connectivity index (χ4n) is 2.50. The fourth-order valence-corrected chi connectivity index (χ4v) is 2.50. The molecule has 0 saturated carbocycles. The number of amides is 1. The number of aliphatic hydroxyl groups excluding tert-OH is 1. The number of benzene rings is 1. The molecule has 0 aliphatic carbocycles. The number of unbranched alkanes of at least 4 members (excludes halogenated alkanes) is 3. The molecule has 1 heterocycles. The van der Waals surface area contributed by atoms with E-state index < -0.39 is 0 Å². The highest BCUT2D eigenvalue weighted by Gasteiger charge is 2.11. The Kier molecular flexibility index (Phi) is 6.88. The topological polar surface area (TPSA) is 71.7 Å². The number of carbonyl (C=O) groups excluding carboxylic acids is 1. The molecule has 0 atom stereocenters. The van der Waals surface area contributed by atoms with Crippen LogP contribution in [0.25, 0.3) is 11.3 Å². The Morgan fingerprint density at radius 3 is 2.71 bits per heavy atom. The maximum absolute atomic E-state index is 12.1. The van der Waals surface area contributed by atoms with Gasteiger partial charge in [-0.15, -0.1) is 0 Å². The first kappa shape index (κ1) is 18.1. The number of rotatable bonds is 9. The minimum Gasteiger partial charge on any atom is -0.495 e. The van der Waals surface area contributed by atoms with Gasteiger partial charge in [0.15, 0.2) is 0 Å². The number of ether oxygens (including phenoxy) is 1. The van der Waals surface area contributed by atoms with Gasteiger partial charge in [0.25, 0.3) is 0 Å². The minimum absolute atomic E-state index is 0.0166. The van der Waals surface area contributed by atoms with Crippen molar-refractivity contribution in [3.63, 3.8) is 0 Å². The maximum Gasteiger partial charge on any atom is 0.224 e. The first-order valence-corrected chi connectivity index (χ1v) is 8.35. The smallest absolute Gasteiger partial charge is 0.224 e. The van der Waals surface area contributed by atoms with E-state index >= 15 is 0 Å². The van der Waals surface area contributed by atoms with Gasteiger partial charge < -0.3 is 19.6 Å². The van der Waals surface area contributed by atoms with Gasteiger partial charge in [-0.25, -0.2) is 0 Å². The monoisotopic (exact) mass is 331 g/mol. The number of hydrogen-bond donors (Lipinski definition) is 2. The average molecular weight is 331 g/mol. The molecule has 2 rings (SSSR count). The Morgan fingerprint density at radius 1 is 1.21 bits per heavy atom. The van der Waals surface area contributed by atoms with Crippen LogP contribution in [0.2, 0.25) is 0 Å². The van der Waals surface area contributed by atoms with E-state index in [2.05, 4.69) is 12.2 Å². The number of hydrogen-bond acceptors (Lipinski definition) is 4. The van der Waals surface area contributed by atoms with Crippen LogP contribution in [0.4, 0.5) is 5.69 Å². The van der Waals surface area contributed by atoms with Crippen LogP contribution in [0.5, 0.6) is 5.75 Å². The Bertz CT molecular complexity index is 663. The molecule has 0 aliphatic rings. The van der Waals surface area contributed by atoms with Crippen LogP contribution in [-0.2, 0) is 11.4 Å². The predicted octanol–water partition coefficient (Wildman–Crippen LogP) is 4.36. The standard InChI is InChI=1S/C19H25NO4/c1-3-4-5-6-7-19(22)20-16-12-14(8-10-18(16)23-2)17-11-9-15(13-21)24-17/h8-12,21H,3-7,13H2,1-2H3,(H,20,22). The van der Waals surface area contributed by atoms with Crippen molar-refractivity contribution in [2.45, 2.75) is 45.6 Å². The molecule has 0 bridgehead atoms. The lowest BCUT2D eigenvalue weighted by Gasteiger charge is -2.11. The number of methoxy groups -OCH3 is 1. The summed E-state index contributed by atoms with van der Waals surface area (Å²) in [5.41, 5.74) is 1.44. The zero-order valence-corrected chi connectivity index (χ0v) is 14.3. The third-order valence-corrected chi connectivity index (χ3v) is 3.83. The molecular weight excluding hydrogens is 306 g/mol. The van der Waals surface area contributed by atoms with E-state index in [0.29, 0.717) is 29.4 Å². The lowest BCUT2D eigenvalue weighted by Crippen LogP contribution is -2.12. The van der Waals surface area contributed by atoms with E-state index in [0.717, 1.165) is 31.2 Å². The summed E-state index contributed by atoms with van der Waals surface area (Å²) >= 11 is 0. The van der Waals surface area contributed by atoms with E-state index in [4.69, 9.17) is 14.3 Å². The molecule has 5 nitrogen and oxygen atoms in total. The second-order valence-corrected chi connectivity index (χ2v) is 5.70. The van der Waals surface area contributed by atoms with Crippen molar-refractivity contribution >= 4 is 11.6 Å². The summed E-state index contributed by atoms with van der Waals surface area (Å²) in [6, 6.07) is 9.00. The van der Waals surface area contributed by atoms with Crippen LogP contribution in [-0.4, -0.2) is 18.1 Å². The largest absolute Gasteiger partial charge is 0.495 e. The van der Waals surface area contributed by atoms with Gasteiger partial charge in [0.05, 0.1) is 12.8 Å². The van der Waals surface area contributed by atoms with E-state index in [1.165, 1.54) is 0 Å². The molecule has 0 unspecified atom stereocenters. The highest BCUT2D eigenvalue weighted by Crippen LogP contribution is 2.31. The van der Waals surface area contributed by atoms with Crippen LogP contribution < -0.4 is 10.1 Å². The Morgan fingerprint density at radius 2 is 2.04 bits per heavy atom. The molecule has 1 aromatic carbocycles. The van der Waals surface area contributed by atoms with Crippen molar-refractivity contribution in [3.8, 4) is 17.1 Å². The second kappa shape index (κ2) is 9.13. The number of aliphatic hydroxyl groups is 1. The molecule has 130 valence electrons. The molecular formula is C19H25NO4. The third kappa shape index (κ3) is 4.86. The Labute approximate surface area is 142 Å². The number of furan rings is 1. The molecule has 24 heavy (non-hydrogen) atoms. The van der Waals surface area contributed by atoms with Crippen molar-refractivity contribution < 1.29 is 19.1 Å². The molecule has 0 radical (unpaired) electrons. The molecule has 0 aliphatic heterocycles. The lowest BCUT2D eigenvalue weighted by atomic mass is 10.1. The van der Waals surface area contributed by atoms with Crippen molar-refractivity contribution in [1.82, 2.24) is 0 Å². The van der Waals surface area contributed by atoms with E-state index in [9.17, 15) is 4.79 Å². The van der Waals surface area contributed by atoms with Crippen LogP contribution in [0.15, 0.2) is 34.7 Å². The lowest BCUT2D eigenvalue weighted by molar-refractivity contribution is -0.116. The maximum atomic E-state index is 12.1. The van der Waals surface area contributed by atoms with E-state index in [1.54, 1.807) is 25.3 Å². The quantitative estimate of drug-likeness (QED) is 0.670. The number of carbonyl (C=O) groups is 1. The summed E-state index contributed by atoms with van der Waals surface area (Å²) < 4.78 is 10.9. The van der Waals surface area contributed by atoms with Crippen LogP contribution in [0.3, 0.4) is 0 Å². The van der Waals surface area contributed by atoms with Crippen molar-refractivity contribution in [2.75, 3.05) is 12.4 Å². The molecule has 5 heteroatoms. The summed E-state index contributed by atoms with van der Waals surface area (Å²) in [4.78, 5) is 12.1. The van der Waals surface area contributed by atoms with Gasteiger partial charge in [0, 0.05) is 12.0 Å². The SMILES string of the molecule is CCCCCCC(=O)Nc1cc(-c2ccc(CO)o2)ccc1OC. The van der Waals surface area contributed by atoms with Gasteiger partial charge in [-0.1, -0.05) is 26.2 Å². The average Bonchev–Trinajstić information content (AvgIpc) is 3.08. The fraction of sp³-hybridized carbons (Fsp3) is 0.421. The number of anilines is 1.